The maximum Gasteiger partial charge on any atom is 0.123 e. The minimum Gasteiger partial charge on any atom is -0.496 e. The van der Waals surface area contributed by atoms with E-state index in [0.29, 0.717) is 0 Å². The Morgan fingerprint density at radius 3 is 2.33 bits per heavy atom. The van der Waals surface area contributed by atoms with E-state index in [0.717, 1.165) is 21.9 Å². The van der Waals surface area contributed by atoms with Crippen LogP contribution in [-0.2, 0) is 0 Å². The Kier molecular flexibility index (Phi) is 5.27. The summed E-state index contributed by atoms with van der Waals surface area (Å²) in [6.45, 7) is 6.36. The lowest BCUT2D eigenvalue weighted by Crippen LogP contribution is -2.23. The Labute approximate surface area is 132 Å². The van der Waals surface area contributed by atoms with Crippen molar-refractivity contribution in [2.75, 3.05) is 7.11 Å². The second-order valence-electron chi connectivity index (χ2n) is 5.38. The fourth-order valence-electron chi connectivity index (χ4n) is 2.57. The minimum absolute atomic E-state index is 0.166. The van der Waals surface area contributed by atoms with Crippen LogP contribution in [0.2, 0.25) is 5.02 Å². The summed E-state index contributed by atoms with van der Waals surface area (Å²) < 4.78 is 5.47. The maximum absolute atomic E-state index is 6.27. The first-order chi connectivity index (χ1) is 10.0. The largest absolute Gasteiger partial charge is 0.496 e. The van der Waals surface area contributed by atoms with Crippen LogP contribution in [0, 0.1) is 6.92 Å². The van der Waals surface area contributed by atoms with Gasteiger partial charge in [0.2, 0.25) is 0 Å². The van der Waals surface area contributed by atoms with Crippen LogP contribution in [-0.4, -0.2) is 7.11 Å². The molecule has 0 aromatic heterocycles. The Bertz CT molecular complexity index is 612. The van der Waals surface area contributed by atoms with Crippen molar-refractivity contribution in [3.63, 3.8) is 0 Å². The van der Waals surface area contributed by atoms with E-state index in [9.17, 15) is 0 Å². The summed E-state index contributed by atoms with van der Waals surface area (Å²) in [4.78, 5) is 0. The number of aryl methyl sites for hydroxylation is 1. The predicted molar refractivity (Wildman–Crippen MR) is 89.1 cm³/mol. The van der Waals surface area contributed by atoms with Gasteiger partial charge in [0.15, 0.2) is 0 Å². The zero-order valence-electron chi connectivity index (χ0n) is 13.0. The second-order valence-corrected chi connectivity index (χ2v) is 5.78. The van der Waals surface area contributed by atoms with E-state index in [1.165, 1.54) is 5.56 Å². The van der Waals surface area contributed by atoms with Crippen molar-refractivity contribution in [3.8, 4) is 5.75 Å². The minimum atomic E-state index is 0.166. The molecule has 0 radical (unpaired) electrons. The number of nitrogens with one attached hydrogen (secondary N) is 1. The van der Waals surface area contributed by atoms with Crippen molar-refractivity contribution in [1.29, 1.82) is 0 Å². The molecule has 0 aliphatic rings. The molecule has 1 unspecified atom stereocenters. The molecule has 0 amide bonds. The van der Waals surface area contributed by atoms with Crippen LogP contribution in [0.1, 0.15) is 42.6 Å². The molecule has 1 N–H and O–H groups in total. The summed E-state index contributed by atoms with van der Waals surface area (Å²) >= 11 is 6.27. The molecule has 2 atom stereocenters. The molecule has 0 spiro atoms. The Morgan fingerprint density at radius 1 is 1.00 bits per heavy atom. The number of ether oxygens (including phenoxy) is 1. The highest BCUT2D eigenvalue weighted by Crippen LogP contribution is 2.29. The fourth-order valence-corrected chi connectivity index (χ4v) is 2.87. The van der Waals surface area contributed by atoms with E-state index in [1.807, 2.05) is 24.3 Å². The molecule has 0 heterocycles. The fraction of sp³-hybridized carbons (Fsp3) is 0.333. The van der Waals surface area contributed by atoms with Gasteiger partial charge in [-0.15, -0.1) is 0 Å². The average molecular weight is 304 g/mol. The van der Waals surface area contributed by atoms with Crippen molar-refractivity contribution in [3.05, 3.63) is 64.2 Å². The van der Waals surface area contributed by atoms with Crippen LogP contribution in [0.15, 0.2) is 42.5 Å². The van der Waals surface area contributed by atoms with Crippen LogP contribution in [0.25, 0.3) is 0 Å². The van der Waals surface area contributed by atoms with Gasteiger partial charge in [0.05, 0.1) is 7.11 Å². The summed E-state index contributed by atoms with van der Waals surface area (Å²) in [7, 11) is 1.71. The molecule has 21 heavy (non-hydrogen) atoms. The molecule has 0 aliphatic carbocycles. The SMILES string of the molecule is COc1ccc(C)cc1C(C)N[C@@H](C)c1ccccc1Cl. The van der Waals surface area contributed by atoms with Crippen LogP contribution in [0.5, 0.6) is 5.75 Å². The smallest absolute Gasteiger partial charge is 0.123 e. The van der Waals surface area contributed by atoms with E-state index < -0.39 is 0 Å². The van der Waals surface area contributed by atoms with E-state index in [2.05, 4.69) is 44.3 Å². The summed E-state index contributed by atoms with van der Waals surface area (Å²) in [6, 6.07) is 14.5. The van der Waals surface area contributed by atoms with Crippen molar-refractivity contribution < 1.29 is 4.74 Å². The molecule has 0 saturated heterocycles. The van der Waals surface area contributed by atoms with Gasteiger partial charge >= 0.3 is 0 Å². The number of rotatable bonds is 5. The molecule has 2 aromatic rings. The van der Waals surface area contributed by atoms with Gasteiger partial charge in [0.1, 0.15) is 5.75 Å². The van der Waals surface area contributed by atoms with Crippen molar-refractivity contribution in [2.24, 2.45) is 0 Å². The topological polar surface area (TPSA) is 21.3 Å². The quantitative estimate of drug-likeness (QED) is 0.832. The highest BCUT2D eigenvalue weighted by Gasteiger charge is 2.16. The number of hydrogen-bond acceptors (Lipinski definition) is 2. The molecule has 2 nitrogen and oxygen atoms in total. The first-order valence-corrected chi connectivity index (χ1v) is 7.55. The summed E-state index contributed by atoms with van der Waals surface area (Å²) in [5.74, 6) is 0.909. The predicted octanol–water partition coefficient (Wildman–Crippen LogP) is 5.07. The zero-order chi connectivity index (χ0) is 15.4. The summed E-state index contributed by atoms with van der Waals surface area (Å²) in [6.07, 6.45) is 0. The number of benzene rings is 2. The molecule has 112 valence electrons. The van der Waals surface area contributed by atoms with Crippen LogP contribution < -0.4 is 10.1 Å². The molecule has 3 heteroatoms. The average Bonchev–Trinajstić information content (AvgIpc) is 2.47. The molecular formula is C18H22ClNO. The standard InChI is InChI=1S/C18H22ClNO/c1-12-9-10-18(21-4)16(11-12)14(3)20-13(2)15-7-5-6-8-17(15)19/h5-11,13-14,20H,1-4H3/t13-,14?/m0/s1. The van der Waals surface area contributed by atoms with Gasteiger partial charge in [0, 0.05) is 22.7 Å². The first kappa shape index (κ1) is 15.9. The second kappa shape index (κ2) is 6.97. The van der Waals surface area contributed by atoms with Gasteiger partial charge in [-0.3, -0.25) is 0 Å². The van der Waals surface area contributed by atoms with Gasteiger partial charge in [-0.2, -0.15) is 0 Å². The number of hydrogen-bond donors (Lipinski definition) is 1. The van der Waals surface area contributed by atoms with E-state index in [1.54, 1.807) is 7.11 Å². The lowest BCUT2D eigenvalue weighted by atomic mass is 10.0. The summed E-state index contributed by atoms with van der Waals surface area (Å²) in [5, 5.41) is 4.38. The van der Waals surface area contributed by atoms with E-state index in [-0.39, 0.29) is 12.1 Å². The number of halogens is 1. The molecule has 0 saturated carbocycles. The molecule has 2 rings (SSSR count). The Balaban J connectivity index is 2.20. The third kappa shape index (κ3) is 3.78. The monoisotopic (exact) mass is 303 g/mol. The van der Waals surface area contributed by atoms with Gasteiger partial charge in [-0.25, -0.2) is 0 Å². The van der Waals surface area contributed by atoms with Gasteiger partial charge in [-0.1, -0.05) is 47.5 Å². The van der Waals surface area contributed by atoms with Gasteiger partial charge in [0.25, 0.3) is 0 Å². The van der Waals surface area contributed by atoms with Crippen LogP contribution >= 0.6 is 11.6 Å². The van der Waals surface area contributed by atoms with Crippen molar-refractivity contribution >= 4 is 11.6 Å². The van der Waals surface area contributed by atoms with Gasteiger partial charge < -0.3 is 10.1 Å². The van der Waals surface area contributed by atoms with Gasteiger partial charge in [-0.05, 0) is 38.5 Å². The molecule has 2 aromatic carbocycles. The van der Waals surface area contributed by atoms with Crippen molar-refractivity contribution in [2.45, 2.75) is 32.9 Å². The Morgan fingerprint density at radius 2 is 1.67 bits per heavy atom. The molecule has 0 fully saturated rings. The zero-order valence-corrected chi connectivity index (χ0v) is 13.7. The molecular weight excluding hydrogens is 282 g/mol. The summed E-state index contributed by atoms with van der Waals surface area (Å²) in [5.41, 5.74) is 3.50. The van der Waals surface area contributed by atoms with E-state index >= 15 is 0 Å². The van der Waals surface area contributed by atoms with E-state index in [4.69, 9.17) is 16.3 Å². The van der Waals surface area contributed by atoms with Crippen LogP contribution in [0.3, 0.4) is 0 Å². The first-order valence-electron chi connectivity index (χ1n) is 7.18. The highest BCUT2D eigenvalue weighted by atomic mass is 35.5. The van der Waals surface area contributed by atoms with Crippen molar-refractivity contribution in [1.82, 2.24) is 5.32 Å². The molecule has 0 aliphatic heterocycles. The van der Waals surface area contributed by atoms with Crippen LogP contribution in [0.4, 0.5) is 0 Å². The third-order valence-electron chi connectivity index (χ3n) is 3.72. The lowest BCUT2D eigenvalue weighted by molar-refractivity contribution is 0.396. The third-order valence-corrected chi connectivity index (χ3v) is 4.07. The highest BCUT2D eigenvalue weighted by molar-refractivity contribution is 6.31. The normalized spacial score (nSPS) is 13.8. The lowest BCUT2D eigenvalue weighted by Gasteiger charge is -2.23. The maximum atomic E-state index is 6.27. The Hall–Kier alpha value is -1.51. The number of methoxy groups -OCH3 is 1. The molecule has 0 bridgehead atoms.